The van der Waals surface area contributed by atoms with Crippen molar-refractivity contribution in [1.29, 1.82) is 0 Å². The number of hydrogen-bond acceptors (Lipinski definition) is 4. The molecule has 0 aromatic heterocycles. The van der Waals surface area contributed by atoms with Crippen molar-refractivity contribution in [3.05, 3.63) is 57.6 Å². The highest BCUT2D eigenvalue weighted by Gasteiger charge is 2.57. The number of carbonyl (C=O) groups excluding carboxylic acids is 1. The molecule has 25 heavy (non-hydrogen) atoms. The number of methoxy groups -OCH3 is 1. The van der Waals surface area contributed by atoms with Gasteiger partial charge in [0.25, 0.3) is 11.7 Å². The Kier molecular flexibility index (Phi) is 4.12. The Morgan fingerprint density at radius 1 is 1.16 bits per heavy atom. The Morgan fingerprint density at radius 2 is 1.88 bits per heavy atom. The molecule has 5 nitrogen and oxygen atoms in total. The molecule has 1 spiro atoms. The van der Waals surface area contributed by atoms with Crippen LogP contribution in [-0.2, 0) is 26.6 Å². The zero-order valence-electron chi connectivity index (χ0n) is 13.4. The molecule has 4 rings (SSSR count). The summed E-state index contributed by atoms with van der Waals surface area (Å²) in [5.74, 6) is -1.06. The third kappa shape index (κ3) is 2.42. The Balaban J connectivity index is 1.84. The molecule has 2 heterocycles. The van der Waals surface area contributed by atoms with Crippen LogP contribution in [0.4, 0.5) is 5.69 Å². The highest BCUT2D eigenvalue weighted by molar-refractivity contribution is 6.44. The summed E-state index contributed by atoms with van der Waals surface area (Å²) >= 11 is 12.6. The van der Waals surface area contributed by atoms with Crippen LogP contribution in [-0.4, -0.2) is 26.2 Å². The fourth-order valence-electron chi connectivity index (χ4n) is 3.31. The minimum atomic E-state index is -1.44. The van der Waals surface area contributed by atoms with E-state index in [0.717, 1.165) is 5.56 Å². The molecule has 130 valence electrons. The number of amides is 1. The summed E-state index contributed by atoms with van der Waals surface area (Å²) < 4.78 is 16.8. The van der Waals surface area contributed by atoms with Crippen molar-refractivity contribution in [2.45, 2.75) is 12.3 Å². The van der Waals surface area contributed by atoms with Crippen molar-refractivity contribution in [2.24, 2.45) is 0 Å². The summed E-state index contributed by atoms with van der Waals surface area (Å²) in [6, 6.07) is 10.9. The first-order valence-electron chi connectivity index (χ1n) is 7.79. The number of anilines is 1. The lowest BCUT2D eigenvalue weighted by molar-refractivity contribution is -0.180. The van der Waals surface area contributed by atoms with E-state index >= 15 is 0 Å². The molecule has 1 amide bonds. The van der Waals surface area contributed by atoms with E-state index in [1.807, 2.05) is 24.3 Å². The summed E-state index contributed by atoms with van der Waals surface area (Å²) in [4.78, 5) is 14.7. The van der Waals surface area contributed by atoms with Gasteiger partial charge in [0, 0.05) is 11.1 Å². The first kappa shape index (κ1) is 16.7. The molecule has 0 bridgehead atoms. The van der Waals surface area contributed by atoms with Crippen LogP contribution in [0.1, 0.15) is 11.1 Å². The molecule has 1 fully saturated rings. The number of carbonyl (C=O) groups is 1. The Labute approximate surface area is 155 Å². The van der Waals surface area contributed by atoms with Crippen LogP contribution in [0, 0.1) is 0 Å². The number of nitrogens with zero attached hydrogens (tertiary/aromatic N) is 1. The summed E-state index contributed by atoms with van der Waals surface area (Å²) in [6.07, 6.45) is 0. The number of ether oxygens (including phenoxy) is 3. The second kappa shape index (κ2) is 6.18. The van der Waals surface area contributed by atoms with Crippen LogP contribution < -0.4 is 9.64 Å². The minimum Gasteiger partial charge on any atom is -0.496 e. The molecular formula is C18H15Cl2NO4. The molecule has 7 heteroatoms. The summed E-state index contributed by atoms with van der Waals surface area (Å²) in [7, 11) is 1.59. The molecule has 1 saturated heterocycles. The smallest absolute Gasteiger partial charge is 0.292 e. The van der Waals surface area contributed by atoms with Crippen molar-refractivity contribution in [3.8, 4) is 5.75 Å². The molecule has 2 aliphatic rings. The highest BCUT2D eigenvalue weighted by atomic mass is 35.5. The van der Waals surface area contributed by atoms with Crippen LogP contribution in [0.25, 0.3) is 0 Å². The molecule has 0 N–H and O–H groups in total. The minimum absolute atomic E-state index is 0.268. The number of fused-ring (bicyclic) bond motifs is 2. The van der Waals surface area contributed by atoms with E-state index in [4.69, 9.17) is 37.4 Å². The number of para-hydroxylation sites is 1. The third-order valence-corrected chi connectivity index (χ3v) is 5.23. The van der Waals surface area contributed by atoms with Gasteiger partial charge >= 0.3 is 0 Å². The lowest BCUT2D eigenvalue weighted by Gasteiger charge is -2.22. The standard InChI is InChI=1S/C18H15Cl2NO4/c1-23-14-5-3-2-4-11(14)10-21-16-12(6-7-13(19)15(16)20)18(17(21)22)24-8-9-25-18/h2-7H,8-10H2,1H3. The maximum Gasteiger partial charge on any atom is 0.292 e. The molecule has 2 aromatic carbocycles. The van der Waals surface area contributed by atoms with E-state index in [-0.39, 0.29) is 12.5 Å². The van der Waals surface area contributed by atoms with Gasteiger partial charge in [-0.3, -0.25) is 4.79 Å². The molecule has 0 radical (unpaired) electrons. The normalized spacial score (nSPS) is 18.0. The van der Waals surface area contributed by atoms with Crippen molar-refractivity contribution >= 4 is 34.8 Å². The fourth-order valence-corrected chi connectivity index (χ4v) is 3.73. The second-order valence-electron chi connectivity index (χ2n) is 5.77. The van der Waals surface area contributed by atoms with Crippen LogP contribution in [0.5, 0.6) is 5.75 Å². The van der Waals surface area contributed by atoms with Gasteiger partial charge in [-0.25, -0.2) is 0 Å². The topological polar surface area (TPSA) is 48.0 Å². The SMILES string of the molecule is COc1ccccc1CN1C(=O)C2(OCCO2)c2ccc(Cl)c(Cl)c21. The Bertz CT molecular complexity index is 849. The van der Waals surface area contributed by atoms with Gasteiger partial charge in [-0.15, -0.1) is 0 Å². The van der Waals surface area contributed by atoms with E-state index in [2.05, 4.69) is 0 Å². The number of benzene rings is 2. The number of hydrogen-bond donors (Lipinski definition) is 0. The molecule has 0 saturated carbocycles. The van der Waals surface area contributed by atoms with Crippen LogP contribution in [0.3, 0.4) is 0 Å². The van der Waals surface area contributed by atoms with Crippen molar-refractivity contribution in [3.63, 3.8) is 0 Å². The van der Waals surface area contributed by atoms with Gasteiger partial charge in [0.1, 0.15) is 5.75 Å². The van der Waals surface area contributed by atoms with E-state index in [1.54, 1.807) is 24.1 Å². The zero-order valence-corrected chi connectivity index (χ0v) is 14.9. The lowest BCUT2D eigenvalue weighted by Crippen LogP contribution is -2.41. The third-order valence-electron chi connectivity index (χ3n) is 4.44. The predicted molar refractivity (Wildman–Crippen MR) is 94.2 cm³/mol. The molecule has 2 aromatic rings. The van der Waals surface area contributed by atoms with Gasteiger partial charge in [-0.2, -0.15) is 0 Å². The first-order valence-corrected chi connectivity index (χ1v) is 8.54. The molecule has 0 aliphatic carbocycles. The first-order chi connectivity index (χ1) is 12.1. The van der Waals surface area contributed by atoms with Gasteiger partial charge in [0.15, 0.2) is 0 Å². The second-order valence-corrected chi connectivity index (χ2v) is 6.56. The van der Waals surface area contributed by atoms with E-state index in [0.29, 0.717) is 40.3 Å². The molecule has 2 aliphatic heterocycles. The average molecular weight is 380 g/mol. The average Bonchev–Trinajstić information content (AvgIpc) is 3.20. The van der Waals surface area contributed by atoms with E-state index < -0.39 is 5.79 Å². The fraction of sp³-hybridized carbons (Fsp3) is 0.278. The monoisotopic (exact) mass is 379 g/mol. The quantitative estimate of drug-likeness (QED) is 0.814. The van der Waals surface area contributed by atoms with Crippen LogP contribution >= 0.6 is 23.2 Å². The summed E-state index contributed by atoms with van der Waals surface area (Å²) in [5.41, 5.74) is 1.95. The Hall–Kier alpha value is -1.79. The van der Waals surface area contributed by atoms with Gasteiger partial charge in [-0.1, -0.05) is 41.4 Å². The number of halogens is 2. The highest BCUT2D eigenvalue weighted by Crippen LogP contribution is 2.51. The zero-order chi connectivity index (χ0) is 17.6. The Morgan fingerprint density at radius 3 is 2.60 bits per heavy atom. The maximum atomic E-state index is 13.2. The van der Waals surface area contributed by atoms with Crippen molar-refractivity contribution in [2.75, 3.05) is 25.2 Å². The van der Waals surface area contributed by atoms with E-state index in [9.17, 15) is 4.79 Å². The predicted octanol–water partition coefficient (Wildman–Crippen LogP) is 3.75. The van der Waals surface area contributed by atoms with Crippen molar-refractivity contribution < 1.29 is 19.0 Å². The van der Waals surface area contributed by atoms with Crippen molar-refractivity contribution in [1.82, 2.24) is 0 Å². The van der Waals surface area contributed by atoms with Gasteiger partial charge in [0.05, 0.1) is 42.6 Å². The molecular weight excluding hydrogens is 365 g/mol. The molecule has 0 unspecified atom stereocenters. The summed E-state index contributed by atoms with van der Waals surface area (Å²) in [5, 5.41) is 0.673. The van der Waals surface area contributed by atoms with Crippen LogP contribution in [0.2, 0.25) is 10.0 Å². The maximum absolute atomic E-state index is 13.2. The molecule has 0 atom stereocenters. The van der Waals surface area contributed by atoms with Gasteiger partial charge in [-0.05, 0) is 18.2 Å². The largest absolute Gasteiger partial charge is 0.496 e. The van der Waals surface area contributed by atoms with E-state index in [1.165, 1.54) is 0 Å². The number of rotatable bonds is 3. The summed E-state index contributed by atoms with van der Waals surface area (Å²) in [6.45, 7) is 0.951. The van der Waals surface area contributed by atoms with Gasteiger partial charge < -0.3 is 19.1 Å². The van der Waals surface area contributed by atoms with Gasteiger partial charge in [0.2, 0.25) is 0 Å². The van der Waals surface area contributed by atoms with Crippen LogP contribution in [0.15, 0.2) is 36.4 Å². The lowest BCUT2D eigenvalue weighted by atomic mass is 10.1.